The number of hydrogen-bond donors (Lipinski definition) is 1. The minimum atomic E-state index is -0.0641. The number of rotatable bonds is 4. The summed E-state index contributed by atoms with van der Waals surface area (Å²) >= 11 is 8.52. The molecule has 0 aliphatic heterocycles. The van der Waals surface area contributed by atoms with Gasteiger partial charge in [-0.3, -0.25) is 4.79 Å². The van der Waals surface area contributed by atoms with E-state index in [9.17, 15) is 4.79 Å². The number of halogens is 2. The Morgan fingerprint density at radius 2 is 1.95 bits per heavy atom. The average molecular weight is 403 g/mol. The van der Waals surface area contributed by atoms with Gasteiger partial charge >= 0.3 is 0 Å². The largest absolute Gasteiger partial charge is 0.347 e. The van der Waals surface area contributed by atoms with Gasteiger partial charge in [0.05, 0.1) is 12.1 Å². The first-order valence-corrected chi connectivity index (χ1v) is 8.31. The van der Waals surface area contributed by atoms with E-state index < -0.39 is 0 Å². The van der Waals surface area contributed by atoms with Gasteiger partial charge in [-0.05, 0) is 52.7 Å². The number of nitrogens with one attached hydrogen (secondary N) is 1. The first kappa shape index (κ1) is 14.8. The monoisotopic (exact) mass is 401 g/mol. The van der Waals surface area contributed by atoms with Crippen LogP contribution in [0.5, 0.6) is 0 Å². The van der Waals surface area contributed by atoms with Crippen molar-refractivity contribution in [2.75, 3.05) is 0 Å². The minimum Gasteiger partial charge on any atom is -0.347 e. The Bertz CT molecular complexity index is 595. The van der Waals surface area contributed by atoms with Crippen LogP contribution in [0.3, 0.4) is 0 Å². The number of amides is 1. The molecule has 100 valence electrons. The Labute approximate surface area is 133 Å². The number of carbonyl (C=O) groups is 1. The lowest BCUT2D eigenvalue weighted by molar-refractivity contribution is 0.0950. The van der Waals surface area contributed by atoms with Crippen LogP contribution in [0.25, 0.3) is 0 Å². The third-order valence-corrected chi connectivity index (χ3v) is 5.04. The van der Waals surface area contributed by atoms with Crippen molar-refractivity contribution in [3.63, 3.8) is 0 Å². The molecule has 1 aromatic heterocycles. The van der Waals surface area contributed by atoms with Gasteiger partial charge in [-0.15, -0.1) is 11.3 Å². The van der Waals surface area contributed by atoms with Crippen molar-refractivity contribution in [1.29, 1.82) is 0 Å². The molecule has 0 atom stereocenters. The first-order chi connectivity index (χ1) is 9.10. The molecule has 2 aromatic rings. The van der Waals surface area contributed by atoms with Crippen molar-refractivity contribution in [2.45, 2.75) is 19.9 Å². The molecule has 1 heterocycles. The van der Waals surface area contributed by atoms with E-state index in [1.54, 1.807) is 17.4 Å². The predicted molar refractivity (Wildman–Crippen MR) is 86.7 cm³/mol. The molecule has 0 saturated carbocycles. The maximum absolute atomic E-state index is 12.1. The van der Waals surface area contributed by atoms with Gasteiger partial charge in [0, 0.05) is 18.7 Å². The lowest BCUT2D eigenvalue weighted by Gasteiger charge is -2.06. The Kier molecular flexibility index (Phi) is 5.19. The highest BCUT2D eigenvalue weighted by Crippen LogP contribution is 2.22. The van der Waals surface area contributed by atoms with Crippen LogP contribution in [-0.2, 0) is 13.0 Å². The fourth-order valence-electron chi connectivity index (χ4n) is 1.64. The van der Waals surface area contributed by atoms with Crippen LogP contribution in [0.1, 0.15) is 27.0 Å². The zero-order valence-electron chi connectivity index (χ0n) is 10.4. The van der Waals surface area contributed by atoms with Gasteiger partial charge in [-0.2, -0.15) is 0 Å². The van der Waals surface area contributed by atoms with Gasteiger partial charge in [0.1, 0.15) is 0 Å². The van der Waals surface area contributed by atoms with Crippen LogP contribution in [0.4, 0.5) is 0 Å². The van der Waals surface area contributed by atoms with Crippen LogP contribution in [0, 0.1) is 0 Å². The molecule has 0 bridgehead atoms. The maximum Gasteiger partial charge on any atom is 0.252 e. The summed E-state index contributed by atoms with van der Waals surface area (Å²) in [5.41, 5.74) is 0.649. The summed E-state index contributed by atoms with van der Waals surface area (Å²) in [6.45, 7) is 2.71. The van der Waals surface area contributed by atoms with Crippen molar-refractivity contribution < 1.29 is 4.79 Å². The smallest absolute Gasteiger partial charge is 0.252 e. The van der Waals surface area contributed by atoms with Gasteiger partial charge in [0.25, 0.3) is 5.91 Å². The van der Waals surface area contributed by atoms with Crippen molar-refractivity contribution in [3.05, 3.63) is 54.6 Å². The number of benzene rings is 1. The van der Waals surface area contributed by atoms with E-state index in [1.807, 2.05) is 12.1 Å². The molecule has 1 aromatic carbocycles. The molecule has 19 heavy (non-hydrogen) atoms. The molecule has 2 rings (SSSR count). The fraction of sp³-hybridized carbons (Fsp3) is 0.214. The van der Waals surface area contributed by atoms with E-state index in [-0.39, 0.29) is 5.91 Å². The van der Waals surface area contributed by atoms with Crippen molar-refractivity contribution >= 4 is 49.1 Å². The number of hydrogen-bond acceptors (Lipinski definition) is 2. The predicted octanol–water partition coefficient (Wildman–Crippen LogP) is 4.77. The Hall–Kier alpha value is -0.650. The number of aryl methyl sites for hydroxylation is 1. The maximum atomic E-state index is 12.1. The second kappa shape index (κ2) is 6.68. The van der Waals surface area contributed by atoms with E-state index >= 15 is 0 Å². The highest BCUT2D eigenvalue weighted by Gasteiger charge is 2.10. The Morgan fingerprint density at radius 1 is 1.21 bits per heavy atom. The molecule has 0 fully saturated rings. The van der Waals surface area contributed by atoms with Gasteiger partial charge in [0.2, 0.25) is 0 Å². The minimum absolute atomic E-state index is 0.0641. The Morgan fingerprint density at radius 3 is 2.58 bits per heavy atom. The molecular formula is C14H13Br2NOS. The van der Waals surface area contributed by atoms with Crippen molar-refractivity contribution in [1.82, 2.24) is 5.32 Å². The fourth-order valence-corrected chi connectivity index (χ4v) is 3.77. The topological polar surface area (TPSA) is 29.1 Å². The van der Waals surface area contributed by atoms with Crippen molar-refractivity contribution in [3.8, 4) is 0 Å². The van der Waals surface area contributed by atoms with Crippen LogP contribution in [0.15, 0.2) is 39.3 Å². The molecule has 0 spiro atoms. The SMILES string of the molecule is CCc1ccc(CNC(=O)c2ccc(Br)cc2Br)s1. The summed E-state index contributed by atoms with van der Waals surface area (Å²) in [5.74, 6) is -0.0641. The zero-order chi connectivity index (χ0) is 13.8. The second-order valence-corrected chi connectivity index (χ2v) is 7.05. The third-order valence-electron chi connectivity index (χ3n) is 2.66. The molecule has 2 nitrogen and oxygen atoms in total. The molecule has 0 aliphatic rings. The van der Waals surface area contributed by atoms with Crippen LogP contribution in [-0.4, -0.2) is 5.91 Å². The summed E-state index contributed by atoms with van der Waals surface area (Å²) < 4.78 is 1.74. The lowest BCUT2D eigenvalue weighted by atomic mass is 10.2. The summed E-state index contributed by atoms with van der Waals surface area (Å²) in [6.07, 6.45) is 1.04. The molecule has 0 saturated heterocycles. The number of carbonyl (C=O) groups excluding carboxylic acids is 1. The van der Waals surface area contributed by atoms with E-state index in [4.69, 9.17) is 0 Å². The molecule has 5 heteroatoms. The van der Waals surface area contributed by atoms with E-state index in [1.165, 1.54) is 9.75 Å². The van der Waals surface area contributed by atoms with E-state index in [2.05, 4.69) is 56.2 Å². The van der Waals surface area contributed by atoms with E-state index in [0.717, 1.165) is 15.4 Å². The van der Waals surface area contributed by atoms with E-state index in [0.29, 0.717) is 12.1 Å². The van der Waals surface area contributed by atoms with Gasteiger partial charge < -0.3 is 5.32 Å². The highest BCUT2D eigenvalue weighted by molar-refractivity contribution is 9.11. The highest BCUT2D eigenvalue weighted by atomic mass is 79.9. The summed E-state index contributed by atoms with van der Waals surface area (Å²) in [6, 6.07) is 9.72. The summed E-state index contributed by atoms with van der Waals surface area (Å²) in [4.78, 5) is 14.6. The quantitative estimate of drug-likeness (QED) is 0.784. The first-order valence-electron chi connectivity index (χ1n) is 5.91. The third kappa shape index (κ3) is 3.91. The molecular weight excluding hydrogens is 390 g/mol. The van der Waals surface area contributed by atoms with Crippen molar-refractivity contribution in [2.24, 2.45) is 0 Å². The van der Waals surface area contributed by atoms with Gasteiger partial charge in [-0.25, -0.2) is 0 Å². The van der Waals surface area contributed by atoms with Gasteiger partial charge in [-0.1, -0.05) is 22.9 Å². The number of thiophene rings is 1. The van der Waals surface area contributed by atoms with Crippen LogP contribution in [0.2, 0.25) is 0 Å². The van der Waals surface area contributed by atoms with Crippen LogP contribution >= 0.6 is 43.2 Å². The molecule has 1 amide bonds. The molecule has 0 aliphatic carbocycles. The summed E-state index contributed by atoms with van der Waals surface area (Å²) in [7, 11) is 0. The standard InChI is InChI=1S/C14H13Br2NOS/c1-2-10-4-5-11(19-10)8-17-14(18)12-6-3-9(15)7-13(12)16/h3-7H,2,8H2,1H3,(H,17,18). The Balaban J connectivity index is 2.01. The zero-order valence-corrected chi connectivity index (χ0v) is 14.4. The average Bonchev–Trinajstić information content (AvgIpc) is 2.84. The summed E-state index contributed by atoms with van der Waals surface area (Å²) in [5, 5.41) is 2.94. The normalized spacial score (nSPS) is 10.5. The molecule has 0 unspecified atom stereocenters. The second-order valence-electron chi connectivity index (χ2n) is 4.03. The molecule has 0 radical (unpaired) electrons. The van der Waals surface area contributed by atoms with Gasteiger partial charge in [0.15, 0.2) is 0 Å². The lowest BCUT2D eigenvalue weighted by Crippen LogP contribution is -2.22. The van der Waals surface area contributed by atoms with Crippen LogP contribution < -0.4 is 5.32 Å². The molecule has 1 N–H and O–H groups in total.